The summed E-state index contributed by atoms with van der Waals surface area (Å²) in [5.41, 5.74) is 6.91. The van der Waals surface area contributed by atoms with Crippen molar-refractivity contribution in [2.45, 2.75) is 19.6 Å². The Bertz CT molecular complexity index is 1220. The van der Waals surface area contributed by atoms with E-state index >= 15 is 0 Å². The molecule has 172 valence electrons. The van der Waals surface area contributed by atoms with Gasteiger partial charge >= 0.3 is 5.97 Å². The second-order valence-electron chi connectivity index (χ2n) is 7.45. The molecule has 2 N–H and O–H groups in total. The van der Waals surface area contributed by atoms with Gasteiger partial charge in [0.2, 0.25) is 0 Å². The van der Waals surface area contributed by atoms with Crippen molar-refractivity contribution in [1.82, 2.24) is 10.6 Å². The van der Waals surface area contributed by atoms with Gasteiger partial charge in [0.05, 0.1) is 18.7 Å². The van der Waals surface area contributed by atoms with E-state index in [4.69, 9.17) is 19.2 Å². The zero-order chi connectivity index (χ0) is 23.6. The minimum atomic E-state index is -0.910. The maximum Gasteiger partial charge on any atom is 0.307 e. The third-order valence-electron chi connectivity index (χ3n) is 4.91. The van der Waals surface area contributed by atoms with Gasteiger partial charge in [0.1, 0.15) is 18.1 Å². The monoisotopic (exact) mass is 456 g/mol. The summed E-state index contributed by atoms with van der Waals surface area (Å²) in [5, 5.41) is 13.0. The molecule has 0 aliphatic rings. The second kappa shape index (κ2) is 11.5. The van der Waals surface area contributed by atoms with Gasteiger partial charge < -0.3 is 14.4 Å². The maximum atomic E-state index is 10.9. The van der Waals surface area contributed by atoms with Crippen LogP contribution in [-0.4, -0.2) is 16.2 Å². The Morgan fingerprint density at radius 1 is 0.941 bits per heavy atom. The van der Waals surface area contributed by atoms with Crippen molar-refractivity contribution in [2.75, 3.05) is 0 Å². The minimum Gasteiger partial charge on any atom is -0.487 e. The number of hydroxylamine groups is 1. The molecule has 0 amide bonds. The summed E-state index contributed by atoms with van der Waals surface area (Å²) in [7, 11) is 0. The third kappa shape index (κ3) is 6.57. The Labute approximate surface area is 197 Å². The first kappa shape index (κ1) is 22.8. The number of rotatable bonds is 11. The van der Waals surface area contributed by atoms with Gasteiger partial charge in [-0.25, -0.2) is 0 Å². The molecule has 0 atom stereocenters. The minimum absolute atomic E-state index is 0.106. The number of aromatic nitrogens is 1. The van der Waals surface area contributed by atoms with Crippen LogP contribution in [0.5, 0.6) is 5.75 Å². The van der Waals surface area contributed by atoms with Gasteiger partial charge in [0.15, 0.2) is 5.76 Å². The van der Waals surface area contributed by atoms with Gasteiger partial charge in [-0.1, -0.05) is 78.0 Å². The Morgan fingerprint density at radius 3 is 2.35 bits per heavy atom. The summed E-state index contributed by atoms with van der Waals surface area (Å²) in [4.78, 5) is 16.5. The van der Waals surface area contributed by atoms with E-state index in [0.29, 0.717) is 36.1 Å². The van der Waals surface area contributed by atoms with Crippen molar-refractivity contribution in [2.24, 2.45) is 0 Å². The molecule has 4 aromatic rings. The lowest BCUT2D eigenvalue weighted by atomic mass is 10.1. The van der Waals surface area contributed by atoms with Gasteiger partial charge in [-0.2, -0.15) is 0 Å². The summed E-state index contributed by atoms with van der Waals surface area (Å²) in [6.07, 6.45) is 1.48. The summed E-state index contributed by atoms with van der Waals surface area (Å²) in [6, 6.07) is 28.6. The Hall–Kier alpha value is -4.36. The molecule has 3 aromatic carbocycles. The number of ether oxygens (including phenoxy) is 1. The number of hydrogen-bond donors (Lipinski definition) is 2. The first-order valence-electron chi connectivity index (χ1n) is 10.8. The molecule has 4 rings (SSSR count). The number of nitrogens with one attached hydrogen (secondary N) is 1. The molecule has 0 fully saturated rings. The van der Waals surface area contributed by atoms with E-state index in [2.05, 4.69) is 10.6 Å². The topological polar surface area (TPSA) is 93.8 Å². The standard InChI is InChI=1S/C27H24N2O5/c30-27(31)16-15-25(21-7-3-1-4-8-21)29-33-18-20-11-13-24(14-12-20)32-19-23-17-26(34-28-23)22-9-5-2-6-10-22/h1-15,17,29H,16,18-19H2,(H,30,31). The number of nitrogens with zero attached hydrogens (tertiary/aromatic N) is 1. The molecule has 0 bridgehead atoms. The highest BCUT2D eigenvalue weighted by Crippen LogP contribution is 2.21. The maximum absolute atomic E-state index is 10.9. The molecule has 0 unspecified atom stereocenters. The molecule has 7 heteroatoms. The lowest BCUT2D eigenvalue weighted by molar-refractivity contribution is -0.136. The first-order valence-corrected chi connectivity index (χ1v) is 10.8. The zero-order valence-corrected chi connectivity index (χ0v) is 18.4. The van der Waals surface area contributed by atoms with Crippen molar-refractivity contribution in [3.63, 3.8) is 0 Å². The van der Waals surface area contributed by atoms with Gasteiger partial charge in [-0.3, -0.25) is 15.1 Å². The SMILES string of the molecule is O=C(O)CC=C(NOCc1ccc(OCc2cc(-c3ccccc3)on2)cc1)c1ccccc1. The number of aliphatic carboxylic acids is 1. The normalized spacial score (nSPS) is 11.2. The van der Waals surface area contributed by atoms with E-state index < -0.39 is 5.97 Å². The molecule has 0 radical (unpaired) electrons. The van der Waals surface area contributed by atoms with Crippen LogP contribution in [0.4, 0.5) is 0 Å². The van der Waals surface area contributed by atoms with Crippen LogP contribution < -0.4 is 10.2 Å². The molecule has 1 aromatic heterocycles. The predicted octanol–water partition coefficient (Wildman–Crippen LogP) is 5.46. The third-order valence-corrected chi connectivity index (χ3v) is 4.91. The van der Waals surface area contributed by atoms with Crippen LogP contribution in [0.25, 0.3) is 17.0 Å². The summed E-state index contributed by atoms with van der Waals surface area (Å²) >= 11 is 0. The number of hydrogen-bond acceptors (Lipinski definition) is 6. The van der Waals surface area contributed by atoms with E-state index in [1.165, 1.54) is 0 Å². The Kier molecular flexibility index (Phi) is 7.71. The number of carboxylic acid groups (broad SMARTS) is 1. The molecule has 0 spiro atoms. The van der Waals surface area contributed by atoms with Crippen LogP contribution in [0.2, 0.25) is 0 Å². The molecule has 0 aliphatic heterocycles. The fourth-order valence-electron chi connectivity index (χ4n) is 3.18. The van der Waals surface area contributed by atoms with Crippen molar-refractivity contribution in [3.8, 4) is 17.1 Å². The van der Waals surface area contributed by atoms with E-state index in [0.717, 1.165) is 16.7 Å². The fraction of sp³-hybridized carbons (Fsp3) is 0.111. The molecule has 0 saturated carbocycles. The van der Waals surface area contributed by atoms with Crippen molar-refractivity contribution in [1.29, 1.82) is 0 Å². The number of carbonyl (C=O) groups is 1. The summed E-state index contributed by atoms with van der Waals surface area (Å²) in [6.45, 7) is 0.587. The van der Waals surface area contributed by atoms with Crippen LogP contribution in [-0.2, 0) is 22.8 Å². The fourth-order valence-corrected chi connectivity index (χ4v) is 3.18. The van der Waals surface area contributed by atoms with E-state index in [1.54, 1.807) is 6.08 Å². The molecular weight excluding hydrogens is 432 g/mol. The largest absolute Gasteiger partial charge is 0.487 e. The Morgan fingerprint density at radius 2 is 1.65 bits per heavy atom. The van der Waals surface area contributed by atoms with Crippen LogP contribution in [0, 0.1) is 0 Å². The number of benzene rings is 3. The first-order chi connectivity index (χ1) is 16.7. The van der Waals surface area contributed by atoms with Crippen molar-refractivity contribution >= 4 is 11.7 Å². The highest BCUT2D eigenvalue weighted by Gasteiger charge is 2.07. The summed E-state index contributed by atoms with van der Waals surface area (Å²) < 4.78 is 11.2. The molecule has 1 heterocycles. The highest BCUT2D eigenvalue weighted by molar-refractivity contribution is 5.73. The van der Waals surface area contributed by atoms with Crippen molar-refractivity contribution < 1.29 is 24.0 Å². The number of carboxylic acids is 1. The predicted molar refractivity (Wildman–Crippen MR) is 127 cm³/mol. The van der Waals surface area contributed by atoms with E-state index in [-0.39, 0.29) is 6.42 Å². The molecular formula is C27H24N2O5. The van der Waals surface area contributed by atoms with Crippen LogP contribution in [0.3, 0.4) is 0 Å². The quantitative estimate of drug-likeness (QED) is 0.290. The lowest BCUT2D eigenvalue weighted by Crippen LogP contribution is -2.13. The molecule has 7 nitrogen and oxygen atoms in total. The van der Waals surface area contributed by atoms with Gasteiger partial charge in [0.25, 0.3) is 0 Å². The smallest absolute Gasteiger partial charge is 0.307 e. The molecule has 0 aliphatic carbocycles. The average Bonchev–Trinajstić information content (AvgIpc) is 3.36. The lowest BCUT2D eigenvalue weighted by Gasteiger charge is -2.12. The molecule has 0 saturated heterocycles. The van der Waals surface area contributed by atoms with Gasteiger partial charge in [-0.15, -0.1) is 0 Å². The zero-order valence-electron chi connectivity index (χ0n) is 18.4. The Balaban J connectivity index is 1.28. The summed E-state index contributed by atoms with van der Waals surface area (Å²) in [5.74, 6) is 0.492. The second-order valence-corrected chi connectivity index (χ2v) is 7.45. The average molecular weight is 456 g/mol. The van der Waals surface area contributed by atoms with Gasteiger partial charge in [-0.05, 0) is 29.3 Å². The molecule has 34 heavy (non-hydrogen) atoms. The van der Waals surface area contributed by atoms with Crippen LogP contribution in [0.15, 0.2) is 102 Å². The van der Waals surface area contributed by atoms with E-state index in [1.807, 2.05) is 91.0 Å². The van der Waals surface area contributed by atoms with Crippen LogP contribution in [0.1, 0.15) is 23.2 Å². The van der Waals surface area contributed by atoms with Gasteiger partial charge in [0, 0.05) is 11.6 Å². The van der Waals surface area contributed by atoms with Crippen molar-refractivity contribution in [3.05, 3.63) is 114 Å². The highest BCUT2D eigenvalue weighted by atomic mass is 16.6. The van der Waals surface area contributed by atoms with E-state index in [9.17, 15) is 4.79 Å². The van der Waals surface area contributed by atoms with Crippen LogP contribution >= 0.6 is 0 Å².